The van der Waals surface area contributed by atoms with Gasteiger partial charge in [-0.2, -0.15) is 0 Å². The number of piperidine rings is 1. The molecular formula is C26H31N3O2. The van der Waals surface area contributed by atoms with Crippen LogP contribution in [-0.4, -0.2) is 54.8 Å². The Kier molecular flexibility index (Phi) is 5.71. The maximum Gasteiger partial charge on any atom is 0.282 e. The zero-order chi connectivity index (χ0) is 22.3. The molecule has 31 heavy (non-hydrogen) atoms. The third-order valence-corrected chi connectivity index (χ3v) is 6.45. The summed E-state index contributed by atoms with van der Waals surface area (Å²) in [5, 5.41) is 0. The molecule has 2 aliphatic rings. The van der Waals surface area contributed by atoms with Crippen LogP contribution in [0.4, 0.5) is 5.69 Å². The molecule has 0 bridgehead atoms. The van der Waals surface area contributed by atoms with Gasteiger partial charge in [0.15, 0.2) is 0 Å². The van der Waals surface area contributed by atoms with Gasteiger partial charge in [0.05, 0.1) is 11.3 Å². The molecule has 4 rings (SSSR count). The minimum atomic E-state index is -0.242. The van der Waals surface area contributed by atoms with Crippen LogP contribution in [0.15, 0.2) is 48.2 Å². The highest BCUT2D eigenvalue weighted by Gasteiger charge is 2.43. The van der Waals surface area contributed by atoms with Gasteiger partial charge in [0.25, 0.3) is 11.8 Å². The normalized spacial score (nSPS) is 18.3. The van der Waals surface area contributed by atoms with Gasteiger partial charge in [0, 0.05) is 13.1 Å². The molecule has 2 amide bonds. The number of carbonyl (C=O) groups excluding carboxylic acids is 2. The number of imide groups is 1. The Labute approximate surface area is 184 Å². The van der Waals surface area contributed by atoms with E-state index in [4.69, 9.17) is 0 Å². The van der Waals surface area contributed by atoms with Crippen LogP contribution in [-0.2, 0) is 9.59 Å². The highest BCUT2D eigenvalue weighted by Crippen LogP contribution is 2.36. The largest absolute Gasteiger partial charge is 0.366 e. The quantitative estimate of drug-likeness (QED) is 0.708. The Morgan fingerprint density at radius 1 is 0.839 bits per heavy atom. The lowest BCUT2D eigenvalue weighted by atomic mass is 9.99. The zero-order valence-electron chi connectivity index (χ0n) is 19.1. The van der Waals surface area contributed by atoms with Crippen molar-refractivity contribution in [2.24, 2.45) is 0 Å². The molecule has 0 N–H and O–H groups in total. The third-order valence-electron chi connectivity index (χ3n) is 6.45. The van der Waals surface area contributed by atoms with Crippen molar-refractivity contribution in [3.05, 3.63) is 70.4 Å². The van der Waals surface area contributed by atoms with Gasteiger partial charge in [0.1, 0.15) is 5.70 Å². The SMILES string of the molecule is Cc1ccc(C2=C(N(C)C3CCN(C)CC3)C(=O)N(c3cc(C)cc(C)c3)C2=O)cc1. The monoisotopic (exact) mass is 417 g/mol. The maximum absolute atomic E-state index is 13.7. The van der Waals surface area contributed by atoms with Gasteiger partial charge >= 0.3 is 0 Å². The highest BCUT2D eigenvalue weighted by molar-refractivity contribution is 6.45. The average molecular weight is 418 g/mol. The number of carbonyl (C=O) groups is 2. The summed E-state index contributed by atoms with van der Waals surface area (Å²) in [5.74, 6) is -0.472. The fraction of sp³-hybridized carbons (Fsp3) is 0.385. The third kappa shape index (κ3) is 4.02. The predicted molar refractivity (Wildman–Crippen MR) is 125 cm³/mol. The molecule has 0 aliphatic carbocycles. The molecule has 2 heterocycles. The molecule has 0 spiro atoms. The van der Waals surface area contributed by atoms with Gasteiger partial charge in [-0.05, 0) is 82.6 Å². The molecule has 1 saturated heterocycles. The number of anilines is 1. The summed E-state index contributed by atoms with van der Waals surface area (Å²) in [5.41, 5.74) is 5.65. The van der Waals surface area contributed by atoms with Crippen LogP contribution in [0.25, 0.3) is 5.57 Å². The first-order valence-electron chi connectivity index (χ1n) is 11.0. The van der Waals surface area contributed by atoms with E-state index in [0.717, 1.165) is 48.2 Å². The van der Waals surface area contributed by atoms with Gasteiger partial charge < -0.3 is 9.80 Å². The summed E-state index contributed by atoms with van der Waals surface area (Å²) >= 11 is 0. The Morgan fingerprint density at radius 3 is 2.00 bits per heavy atom. The molecule has 2 aromatic carbocycles. The number of likely N-dealkylation sites (tertiary alicyclic amines) is 1. The number of amides is 2. The van der Waals surface area contributed by atoms with Crippen molar-refractivity contribution in [3.8, 4) is 0 Å². The number of benzene rings is 2. The van der Waals surface area contributed by atoms with Crippen molar-refractivity contribution in [1.82, 2.24) is 9.80 Å². The smallest absolute Gasteiger partial charge is 0.282 e. The lowest BCUT2D eigenvalue weighted by molar-refractivity contribution is -0.120. The first-order valence-corrected chi connectivity index (χ1v) is 11.0. The molecule has 5 nitrogen and oxygen atoms in total. The second kappa shape index (κ2) is 8.31. The van der Waals surface area contributed by atoms with E-state index >= 15 is 0 Å². The van der Waals surface area contributed by atoms with Crippen LogP contribution in [0.2, 0.25) is 0 Å². The standard InChI is InChI=1S/C26H31N3O2/c1-17-6-8-20(9-7-17)23-24(28(5)21-10-12-27(4)13-11-21)26(31)29(25(23)30)22-15-18(2)14-19(3)16-22/h6-9,14-16,21H,10-13H2,1-5H3. The maximum atomic E-state index is 13.7. The van der Waals surface area contributed by atoms with Gasteiger partial charge in [-0.15, -0.1) is 0 Å². The van der Waals surface area contributed by atoms with E-state index in [-0.39, 0.29) is 17.9 Å². The average Bonchev–Trinajstić information content (AvgIpc) is 2.98. The molecule has 0 atom stereocenters. The van der Waals surface area contributed by atoms with Gasteiger partial charge in [-0.3, -0.25) is 9.59 Å². The summed E-state index contributed by atoms with van der Waals surface area (Å²) in [6.45, 7) is 7.98. The van der Waals surface area contributed by atoms with Crippen LogP contribution in [0.3, 0.4) is 0 Å². The summed E-state index contributed by atoms with van der Waals surface area (Å²) in [6.07, 6.45) is 1.95. The molecular weight excluding hydrogens is 386 g/mol. The lowest BCUT2D eigenvalue weighted by Crippen LogP contribution is -2.43. The fourth-order valence-corrected chi connectivity index (χ4v) is 4.70. The van der Waals surface area contributed by atoms with Crippen LogP contribution < -0.4 is 4.90 Å². The Balaban J connectivity index is 1.80. The molecule has 0 aromatic heterocycles. The van der Waals surface area contributed by atoms with Crippen molar-refractivity contribution < 1.29 is 9.59 Å². The van der Waals surface area contributed by atoms with Gasteiger partial charge in [0.2, 0.25) is 0 Å². The minimum absolute atomic E-state index is 0.230. The number of hydrogen-bond donors (Lipinski definition) is 0. The topological polar surface area (TPSA) is 43.9 Å². The Morgan fingerprint density at radius 2 is 1.42 bits per heavy atom. The Bertz CT molecular complexity index is 1030. The first kappa shape index (κ1) is 21.3. The fourth-order valence-electron chi connectivity index (χ4n) is 4.70. The van der Waals surface area contributed by atoms with E-state index < -0.39 is 0 Å². The predicted octanol–water partition coefficient (Wildman–Crippen LogP) is 3.92. The van der Waals surface area contributed by atoms with Gasteiger partial charge in [-0.25, -0.2) is 4.90 Å². The van der Waals surface area contributed by atoms with Crippen LogP contribution in [0.1, 0.15) is 35.1 Å². The second-order valence-corrected chi connectivity index (χ2v) is 9.03. The number of likely N-dealkylation sites (N-methyl/N-ethyl adjacent to an activating group) is 1. The lowest BCUT2D eigenvalue weighted by Gasteiger charge is -2.36. The summed E-state index contributed by atoms with van der Waals surface area (Å²) < 4.78 is 0. The number of nitrogens with zero attached hydrogens (tertiary/aromatic N) is 3. The van der Waals surface area contributed by atoms with Crippen molar-refractivity contribution in [2.45, 2.75) is 39.7 Å². The van der Waals surface area contributed by atoms with E-state index in [1.54, 1.807) is 0 Å². The molecule has 162 valence electrons. The molecule has 0 radical (unpaired) electrons. The Hall–Kier alpha value is -2.92. The summed E-state index contributed by atoms with van der Waals surface area (Å²) in [4.78, 5) is 33.1. The van der Waals surface area contributed by atoms with E-state index in [2.05, 4.69) is 22.9 Å². The zero-order valence-corrected chi connectivity index (χ0v) is 19.1. The van der Waals surface area contributed by atoms with Gasteiger partial charge in [-0.1, -0.05) is 35.9 Å². The van der Waals surface area contributed by atoms with Crippen molar-refractivity contribution in [1.29, 1.82) is 0 Å². The van der Waals surface area contributed by atoms with Crippen molar-refractivity contribution in [2.75, 3.05) is 32.1 Å². The summed E-state index contributed by atoms with van der Waals surface area (Å²) in [6, 6.07) is 14.0. The minimum Gasteiger partial charge on any atom is -0.366 e. The first-order chi connectivity index (χ1) is 14.8. The molecule has 0 unspecified atom stereocenters. The second-order valence-electron chi connectivity index (χ2n) is 9.03. The number of hydrogen-bond acceptors (Lipinski definition) is 4. The molecule has 0 saturated carbocycles. The molecule has 1 fully saturated rings. The molecule has 2 aromatic rings. The summed E-state index contributed by atoms with van der Waals surface area (Å²) in [7, 11) is 4.09. The van der Waals surface area contributed by atoms with Crippen LogP contribution in [0, 0.1) is 20.8 Å². The molecule has 5 heteroatoms. The molecule has 2 aliphatic heterocycles. The van der Waals surface area contributed by atoms with Crippen LogP contribution >= 0.6 is 0 Å². The van der Waals surface area contributed by atoms with E-state index in [0.29, 0.717) is 17.0 Å². The highest BCUT2D eigenvalue weighted by atomic mass is 16.2. The van der Waals surface area contributed by atoms with E-state index in [1.807, 2.05) is 64.2 Å². The number of rotatable bonds is 4. The van der Waals surface area contributed by atoms with Crippen molar-refractivity contribution in [3.63, 3.8) is 0 Å². The van der Waals surface area contributed by atoms with E-state index in [1.165, 1.54) is 4.90 Å². The van der Waals surface area contributed by atoms with E-state index in [9.17, 15) is 9.59 Å². The van der Waals surface area contributed by atoms with Crippen LogP contribution in [0.5, 0.6) is 0 Å². The number of aryl methyl sites for hydroxylation is 3. The van der Waals surface area contributed by atoms with Crippen molar-refractivity contribution >= 4 is 23.1 Å².